The van der Waals surface area contributed by atoms with Gasteiger partial charge >= 0.3 is 0 Å². The summed E-state index contributed by atoms with van der Waals surface area (Å²) >= 11 is 0. The van der Waals surface area contributed by atoms with Crippen molar-refractivity contribution in [3.63, 3.8) is 0 Å². The van der Waals surface area contributed by atoms with E-state index in [0.29, 0.717) is 11.6 Å². The molecule has 0 aliphatic heterocycles. The van der Waals surface area contributed by atoms with Gasteiger partial charge < -0.3 is 15.4 Å². The second-order valence-electron chi connectivity index (χ2n) is 5.82. The molecule has 1 aromatic heterocycles. The van der Waals surface area contributed by atoms with Crippen LogP contribution in [0.5, 0.6) is 5.75 Å². The number of hydrogen-bond donors (Lipinski definition) is 2. The monoisotopic (exact) mass is 311 g/mol. The molecule has 23 heavy (non-hydrogen) atoms. The Morgan fingerprint density at radius 1 is 1.26 bits per heavy atom. The first-order valence-electron chi connectivity index (χ1n) is 7.83. The van der Waals surface area contributed by atoms with E-state index in [1.165, 1.54) is 12.8 Å². The number of aromatic nitrogens is 1. The third-order valence-corrected chi connectivity index (χ3v) is 3.91. The molecule has 5 heteroatoms. The minimum atomic E-state index is -0.102. The molecule has 1 aliphatic rings. The van der Waals surface area contributed by atoms with Crippen LogP contribution in [0, 0.1) is 0 Å². The molecule has 1 aromatic carbocycles. The van der Waals surface area contributed by atoms with Gasteiger partial charge in [-0.3, -0.25) is 4.79 Å². The number of carbonyl (C=O) groups is 1. The van der Waals surface area contributed by atoms with Gasteiger partial charge in [0.25, 0.3) is 5.91 Å². The molecule has 1 atom stereocenters. The highest BCUT2D eigenvalue weighted by Gasteiger charge is 2.21. The summed E-state index contributed by atoms with van der Waals surface area (Å²) in [6.07, 6.45) is 4.01. The van der Waals surface area contributed by atoms with E-state index in [2.05, 4.69) is 15.6 Å². The lowest BCUT2D eigenvalue weighted by atomic mass is 10.1. The molecule has 0 spiro atoms. The van der Waals surface area contributed by atoms with Crippen LogP contribution in [0.25, 0.3) is 0 Å². The molecule has 2 aromatic rings. The van der Waals surface area contributed by atoms with E-state index in [4.69, 9.17) is 4.74 Å². The molecule has 2 N–H and O–H groups in total. The predicted molar refractivity (Wildman–Crippen MR) is 89.8 cm³/mol. The number of methoxy groups -OCH3 is 1. The van der Waals surface area contributed by atoms with Crippen molar-refractivity contribution in [3.05, 3.63) is 53.7 Å². The highest BCUT2D eigenvalue weighted by Crippen LogP contribution is 2.24. The highest BCUT2D eigenvalue weighted by molar-refractivity contribution is 5.95. The van der Waals surface area contributed by atoms with Gasteiger partial charge in [-0.25, -0.2) is 4.98 Å². The Morgan fingerprint density at radius 3 is 2.65 bits per heavy atom. The van der Waals surface area contributed by atoms with Crippen LogP contribution in [-0.4, -0.2) is 24.0 Å². The fraction of sp³-hybridized carbons (Fsp3) is 0.333. The van der Waals surface area contributed by atoms with E-state index in [1.54, 1.807) is 25.4 Å². The SMILES string of the molecule is COc1ccc(C(C)NC(=O)c2ccnc(NC3CC3)c2)cc1. The largest absolute Gasteiger partial charge is 0.497 e. The number of rotatable bonds is 6. The Bertz CT molecular complexity index is 681. The zero-order valence-corrected chi connectivity index (χ0v) is 13.4. The van der Waals surface area contributed by atoms with Crippen molar-refractivity contribution >= 4 is 11.7 Å². The Kier molecular flexibility index (Phi) is 4.46. The van der Waals surface area contributed by atoms with Crippen LogP contribution in [0.3, 0.4) is 0 Å². The summed E-state index contributed by atoms with van der Waals surface area (Å²) in [6, 6.07) is 11.7. The van der Waals surface area contributed by atoms with E-state index in [0.717, 1.165) is 17.1 Å². The quantitative estimate of drug-likeness (QED) is 0.860. The molecule has 0 bridgehead atoms. The van der Waals surface area contributed by atoms with Gasteiger partial charge in [-0.1, -0.05) is 12.1 Å². The molecule has 120 valence electrons. The second kappa shape index (κ2) is 6.69. The first-order chi connectivity index (χ1) is 11.2. The Labute approximate surface area is 136 Å². The summed E-state index contributed by atoms with van der Waals surface area (Å²) < 4.78 is 5.15. The number of carbonyl (C=O) groups excluding carboxylic acids is 1. The fourth-order valence-corrected chi connectivity index (χ4v) is 2.34. The van der Waals surface area contributed by atoms with Gasteiger partial charge in [0.1, 0.15) is 11.6 Å². The third-order valence-electron chi connectivity index (χ3n) is 3.91. The van der Waals surface area contributed by atoms with E-state index in [9.17, 15) is 4.79 Å². The van der Waals surface area contributed by atoms with Crippen LogP contribution < -0.4 is 15.4 Å². The zero-order chi connectivity index (χ0) is 16.2. The predicted octanol–water partition coefficient (Wildman–Crippen LogP) is 3.16. The lowest BCUT2D eigenvalue weighted by Crippen LogP contribution is -2.26. The van der Waals surface area contributed by atoms with Crippen LogP contribution in [0.2, 0.25) is 0 Å². The molecule has 1 saturated carbocycles. The van der Waals surface area contributed by atoms with E-state index >= 15 is 0 Å². The summed E-state index contributed by atoms with van der Waals surface area (Å²) in [4.78, 5) is 16.7. The molecular formula is C18H21N3O2. The minimum absolute atomic E-state index is 0.0820. The van der Waals surface area contributed by atoms with Crippen LogP contribution in [-0.2, 0) is 0 Å². The minimum Gasteiger partial charge on any atom is -0.497 e. The molecule has 1 aliphatic carbocycles. The zero-order valence-electron chi connectivity index (χ0n) is 13.4. The Balaban J connectivity index is 1.65. The van der Waals surface area contributed by atoms with Gasteiger partial charge in [0, 0.05) is 17.8 Å². The number of benzene rings is 1. The van der Waals surface area contributed by atoms with Crippen LogP contribution >= 0.6 is 0 Å². The number of anilines is 1. The number of nitrogens with one attached hydrogen (secondary N) is 2. The van der Waals surface area contributed by atoms with E-state index < -0.39 is 0 Å². The Hall–Kier alpha value is -2.56. The Morgan fingerprint density at radius 2 is 2.00 bits per heavy atom. The van der Waals surface area contributed by atoms with Crippen molar-refractivity contribution in [3.8, 4) is 5.75 Å². The maximum atomic E-state index is 12.4. The van der Waals surface area contributed by atoms with Crippen molar-refractivity contribution in [2.75, 3.05) is 12.4 Å². The van der Waals surface area contributed by atoms with Crippen molar-refractivity contribution < 1.29 is 9.53 Å². The molecule has 5 nitrogen and oxygen atoms in total. The number of pyridine rings is 1. The van der Waals surface area contributed by atoms with Crippen molar-refractivity contribution in [2.24, 2.45) is 0 Å². The molecule has 1 unspecified atom stereocenters. The summed E-state index contributed by atoms with van der Waals surface area (Å²) in [7, 11) is 1.64. The normalized spacial score (nSPS) is 14.9. The smallest absolute Gasteiger partial charge is 0.251 e. The maximum absolute atomic E-state index is 12.4. The van der Waals surface area contributed by atoms with Gasteiger partial charge in [0.2, 0.25) is 0 Å². The summed E-state index contributed by atoms with van der Waals surface area (Å²) in [5, 5.41) is 6.31. The molecule has 1 fully saturated rings. The topological polar surface area (TPSA) is 63.2 Å². The number of hydrogen-bond acceptors (Lipinski definition) is 4. The molecule has 0 radical (unpaired) electrons. The van der Waals surface area contributed by atoms with Gasteiger partial charge in [-0.2, -0.15) is 0 Å². The van der Waals surface area contributed by atoms with Gasteiger partial charge in [0.05, 0.1) is 13.2 Å². The number of ether oxygens (including phenoxy) is 1. The summed E-state index contributed by atoms with van der Waals surface area (Å²) in [5.74, 6) is 1.46. The van der Waals surface area contributed by atoms with Crippen molar-refractivity contribution in [2.45, 2.75) is 31.8 Å². The molecular weight excluding hydrogens is 290 g/mol. The standard InChI is InChI=1S/C18H21N3O2/c1-12(13-3-7-16(23-2)8-4-13)20-18(22)14-9-10-19-17(11-14)21-15-5-6-15/h3-4,7-12,15H,5-6H2,1-2H3,(H,19,21)(H,20,22). The molecule has 3 rings (SSSR count). The lowest BCUT2D eigenvalue weighted by Gasteiger charge is -2.15. The van der Waals surface area contributed by atoms with E-state index in [-0.39, 0.29) is 11.9 Å². The van der Waals surface area contributed by atoms with Gasteiger partial charge in [-0.05, 0) is 49.6 Å². The first-order valence-corrected chi connectivity index (χ1v) is 7.83. The average molecular weight is 311 g/mol. The fourth-order valence-electron chi connectivity index (χ4n) is 2.34. The number of amides is 1. The second-order valence-corrected chi connectivity index (χ2v) is 5.82. The summed E-state index contributed by atoms with van der Waals surface area (Å²) in [5.41, 5.74) is 1.65. The maximum Gasteiger partial charge on any atom is 0.251 e. The van der Waals surface area contributed by atoms with Gasteiger partial charge in [0.15, 0.2) is 0 Å². The van der Waals surface area contributed by atoms with Crippen LogP contribution in [0.15, 0.2) is 42.6 Å². The lowest BCUT2D eigenvalue weighted by molar-refractivity contribution is 0.0940. The highest BCUT2D eigenvalue weighted by atomic mass is 16.5. The molecule has 1 amide bonds. The molecule has 1 heterocycles. The third kappa shape index (κ3) is 4.00. The average Bonchev–Trinajstić information content (AvgIpc) is 3.39. The van der Waals surface area contributed by atoms with Crippen molar-refractivity contribution in [1.82, 2.24) is 10.3 Å². The van der Waals surface area contributed by atoms with E-state index in [1.807, 2.05) is 31.2 Å². The van der Waals surface area contributed by atoms with Gasteiger partial charge in [-0.15, -0.1) is 0 Å². The van der Waals surface area contributed by atoms with Crippen molar-refractivity contribution in [1.29, 1.82) is 0 Å². The number of nitrogens with zero attached hydrogens (tertiary/aromatic N) is 1. The molecule has 0 saturated heterocycles. The van der Waals surface area contributed by atoms with Crippen LogP contribution in [0.1, 0.15) is 41.7 Å². The van der Waals surface area contributed by atoms with Crippen LogP contribution in [0.4, 0.5) is 5.82 Å². The summed E-state index contributed by atoms with van der Waals surface area (Å²) in [6.45, 7) is 1.96. The first kappa shape index (κ1) is 15.3.